The van der Waals surface area contributed by atoms with E-state index in [4.69, 9.17) is 0 Å². The maximum atomic E-state index is 2.73. The van der Waals surface area contributed by atoms with E-state index in [9.17, 15) is 0 Å². The minimum atomic E-state index is -0.644. The first-order valence-corrected chi connectivity index (χ1v) is 8.61. The van der Waals surface area contributed by atoms with E-state index < -0.39 is 8.80 Å². The molecular weight excluding hydrogens is 186 g/mol. The SMILES string of the molecule is CC=C[SiH](C)C(C)N1CCCCCC1. The van der Waals surface area contributed by atoms with Gasteiger partial charge in [-0.05, 0) is 32.9 Å². The first-order chi connectivity index (χ1) is 6.75. The van der Waals surface area contributed by atoms with Crippen molar-refractivity contribution in [2.24, 2.45) is 0 Å². The molecule has 0 aliphatic carbocycles. The van der Waals surface area contributed by atoms with E-state index in [0.717, 1.165) is 5.67 Å². The van der Waals surface area contributed by atoms with Gasteiger partial charge in [0.2, 0.25) is 0 Å². The maximum absolute atomic E-state index is 2.73. The molecule has 2 atom stereocenters. The topological polar surface area (TPSA) is 3.24 Å². The van der Waals surface area contributed by atoms with Gasteiger partial charge in [0.1, 0.15) is 0 Å². The molecule has 0 saturated carbocycles. The fourth-order valence-corrected chi connectivity index (χ4v) is 4.19. The van der Waals surface area contributed by atoms with Gasteiger partial charge in [0, 0.05) is 5.67 Å². The van der Waals surface area contributed by atoms with Gasteiger partial charge in [-0.25, -0.2) is 0 Å². The van der Waals surface area contributed by atoms with Crippen molar-refractivity contribution in [3.63, 3.8) is 0 Å². The molecule has 0 bridgehead atoms. The molecule has 0 aromatic carbocycles. The lowest BCUT2D eigenvalue weighted by atomic mass is 10.2. The minimum Gasteiger partial charge on any atom is -0.303 e. The summed E-state index contributed by atoms with van der Waals surface area (Å²) in [6.45, 7) is 9.74. The maximum Gasteiger partial charge on any atom is 0.0766 e. The Bertz CT molecular complexity index is 171. The summed E-state index contributed by atoms with van der Waals surface area (Å²) in [7, 11) is -0.644. The summed E-state index contributed by atoms with van der Waals surface area (Å²) in [4.78, 5) is 2.73. The van der Waals surface area contributed by atoms with E-state index in [1.54, 1.807) is 0 Å². The van der Waals surface area contributed by atoms with Crippen molar-refractivity contribution in [1.82, 2.24) is 4.90 Å². The fraction of sp³-hybridized carbons (Fsp3) is 0.833. The van der Waals surface area contributed by atoms with Crippen LogP contribution in [0.15, 0.2) is 11.8 Å². The first-order valence-electron chi connectivity index (χ1n) is 6.12. The van der Waals surface area contributed by atoms with Gasteiger partial charge >= 0.3 is 0 Å². The monoisotopic (exact) mass is 211 g/mol. The molecule has 0 aromatic rings. The predicted molar refractivity (Wildman–Crippen MR) is 67.3 cm³/mol. The average molecular weight is 211 g/mol. The summed E-state index contributed by atoms with van der Waals surface area (Å²) in [5, 5.41) is 0. The second-order valence-corrected chi connectivity index (χ2v) is 7.64. The molecule has 0 spiro atoms. The molecule has 0 aromatic heterocycles. The summed E-state index contributed by atoms with van der Waals surface area (Å²) in [6, 6.07) is 0. The Hall–Kier alpha value is -0.0831. The van der Waals surface area contributed by atoms with Crippen molar-refractivity contribution >= 4 is 8.80 Å². The summed E-state index contributed by atoms with van der Waals surface area (Å²) in [5.41, 5.74) is 3.32. The van der Waals surface area contributed by atoms with E-state index >= 15 is 0 Å². The molecule has 14 heavy (non-hydrogen) atoms. The van der Waals surface area contributed by atoms with Gasteiger partial charge in [-0.1, -0.05) is 32.4 Å². The first kappa shape index (κ1) is 12.0. The minimum absolute atomic E-state index is 0.644. The molecule has 1 rings (SSSR count). The van der Waals surface area contributed by atoms with Gasteiger partial charge < -0.3 is 4.90 Å². The van der Waals surface area contributed by atoms with Crippen molar-refractivity contribution in [3.8, 4) is 0 Å². The Balaban J connectivity index is 2.44. The number of nitrogens with zero attached hydrogens (tertiary/aromatic N) is 1. The van der Waals surface area contributed by atoms with Crippen molar-refractivity contribution in [2.45, 2.75) is 51.7 Å². The van der Waals surface area contributed by atoms with Crippen LogP contribution in [0.2, 0.25) is 6.55 Å². The van der Waals surface area contributed by atoms with Crippen LogP contribution in [0.25, 0.3) is 0 Å². The number of hydrogen-bond acceptors (Lipinski definition) is 1. The van der Waals surface area contributed by atoms with Crippen LogP contribution in [0, 0.1) is 0 Å². The van der Waals surface area contributed by atoms with E-state index in [1.807, 2.05) is 0 Å². The van der Waals surface area contributed by atoms with Crippen LogP contribution in [0.4, 0.5) is 0 Å². The Kier molecular flexibility index (Phi) is 5.49. The lowest BCUT2D eigenvalue weighted by molar-refractivity contribution is 0.269. The van der Waals surface area contributed by atoms with E-state index in [0.29, 0.717) is 0 Å². The molecule has 2 unspecified atom stereocenters. The zero-order valence-electron chi connectivity index (χ0n) is 10.00. The predicted octanol–water partition coefficient (Wildman–Crippen LogP) is 2.76. The van der Waals surface area contributed by atoms with Crippen LogP contribution in [-0.2, 0) is 0 Å². The van der Waals surface area contributed by atoms with Crippen LogP contribution < -0.4 is 0 Å². The summed E-state index contributed by atoms with van der Waals surface area (Å²) >= 11 is 0. The highest BCUT2D eigenvalue weighted by atomic mass is 28.3. The lowest BCUT2D eigenvalue weighted by Crippen LogP contribution is -2.42. The molecule has 1 fully saturated rings. The lowest BCUT2D eigenvalue weighted by Gasteiger charge is -2.30. The number of hydrogen-bond donors (Lipinski definition) is 0. The largest absolute Gasteiger partial charge is 0.303 e. The smallest absolute Gasteiger partial charge is 0.0766 e. The summed E-state index contributed by atoms with van der Waals surface area (Å²) < 4.78 is 0. The molecule has 82 valence electrons. The second-order valence-electron chi connectivity index (χ2n) is 4.58. The van der Waals surface area contributed by atoms with Gasteiger partial charge in [0.15, 0.2) is 0 Å². The fourth-order valence-electron chi connectivity index (χ4n) is 2.30. The molecule has 1 nitrogen and oxygen atoms in total. The molecule has 1 aliphatic heterocycles. The van der Waals surface area contributed by atoms with Crippen molar-refractivity contribution < 1.29 is 0 Å². The Morgan fingerprint density at radius 1 is 1.14 bits per heavy atom. The highest BCUT2D eigenvalue weighted by Crippen LogP contribution is 2.14. The van der Waals surface area contributed by atoms with Gasteiger partial charge in [-0.2, -0.15) is 0 Å². The van der Waals surface area contributed by atoms with Crippen LogP contribution in [0.1, 0.15) is 39.5 Å². The molecule has 2 heteroatoms. The quantitative estimate of drug-likeness (QED) is 0.649. The van der Waals surface area contributed by atoms with Crippen LogP contribution in [0.5, 0.6) is 0 Å². The highest BCUT2D eigenvalue weighted by molar-refractivity contribution is 6.64. The third-order valence-corrected chi connectivity index (χ3v) is 6.41. The van der Waals surface area contributed by atoms with Crippen LogP contribution in [0.3, 0.4) is 0 Å². The standard InChI is InChI=1S/C12H25NSi/c1-4-11-14(3)12(2)13-9-7-5-6-8-10-13/h4,11-12,14H,5-10H2,1-3H3. The molecular formula is C12H25NSi. The Morgan fingerprint density at radius 3 is 2.21 bits per heavy atom. The number of likely N-dealkylation sites (tertiary alicyclic amines) is 1. The van der Waals surface area contributed by atoms with Gasteiger partial charge in [-0.3, -0.25) is 0 Å². The van der Waals surface area contributed by atoms with Gasteiger partial charge in [0.05, 0.1) is 8.80 Å². The van der Waals surface area contributed by atoms with E-state index in [2.05, 4.69) is 37.1 Å². The van der Waals surface area contributed by atoms with E-state index in [1.165, 1.54) is 38.8 Å². The average Bonchev–Trinajstić information content (AvgIpc) is 2.45. The zero-order valence-corrected chi connectivity index (χ0v) is 11.2. The number of allylic oxidation sites excluding steroid dienone is 1. The number of rotatable bonds is 3. The third-order valence-electron chi connectivity index (χ3n) is 3.47. The molecule has 1 saturated heterocycles. The molecule has 1 heterocycles. The van der Waals surface area contributed by atoms with Gasteiger partial charge in [0.25, 0.3) is 0 Å². The molecule has 0 N–H and O–H groups in total. The van der Waals surface area contributed by atoms with Crippen molar-refractivity contribution in [1.29, 1.82) is 0 Å². The zero-order chi connectivity index (χ0) is 10.4. The Morgan fingerprint density at radius 2 is 1.71 bits per heavy atom. The molecule has 0 amide bonds. The summed E-state index contributed by atoms with van der Waals surface area (Å²) in [6.07, 6.45) is 7.97. The van der Waals surface area contributed by atoms with Crippen LogP contribution in [-0.4, -0.2) is 32.5 Å². The molecule has 1 aliphatic rings. The van der Waals surface area contributed by atoms with E-state index in [-0.39, 0.29) is 0 Å². The second kappa shape index (κ2) is 6.41. The highest BCUT2D eigenvalue weighted by Gasteiger charge is 2.19. The van der Waals surface area contributed by atoms with Crippen LogP contribution >= 0.6 is 0 Å². The summed E-state index contributed by atoms with van der Waals surface area (Å²) in [5.74, 6) is 0. The molecule has 0 radical (unpaired) electrons. The van der Waals surface area contributed by atoms with Gasteiger partial charge in [-0.15, -0.1) is 5.70 Å². The van der Waals surface area contributed by atoms with Crippen molar-refractivity contribution in [2.75, 3.05) is 13.1 Å². The Labute approximate surface area is 90.8 Å². The van der Waals surface area contributed by atoms with Crippen molar-refractivity contribution in [3.05, 3.63) is 11.8 Å². The third kappa shape index (κ3) is 3.58. The normalized spacial score (nSPS) is 24.8.